The Morgan fingerprint density at radius 2 is 1.79 bits per heavy atom. The van der Waals surface area contributed by atoms with E-state index < -0.39 is 5.91 Å². The molecule has 1 amide bonds. The van der Waals surface area contributed by atoms with Gasteiger partial charge in [-0.3, -0.25) is 4.79 Å². The minimum atomic E-state index is -0.409. The second-order valence-electron chi connectivity index (χ2n) is 5.65. The van der Waals surface area contributed by atoms with Crippen LogP contribution < -0.4 is 15.6 Å². The number of carbonyl (C=O) groups is 1. The topological polar surface area (TPSA) is 70.8 Å². The van der Waals surface area contributed by atoms with Gasteiger partial charge in [0.1, 0.15) is 7.05 Å². The minimum Gasteiger partial charge on any atom is -0.345 e. The van der Waals surface area contributed by atoms with E-state index in [4.69, 9.17) is 0 Å². The SMILES string of the molecule is Cc1ccc(-n2[nH][n+](C)c(C(=O)NCc3ccccc3)c2=O)cc1. The van der Waals surface area contributed by atoms with Crippen LogP contribution in [-0.4, -0.2) is 15.8 Å². The Balaban J connectivity index is 1.85. The quantitative estimate of drug-likeness (QED) is 0.709. The van der Waals surface area contributed by atoms with Crippen LogP contribution in [0.15, 0.2) is 59.4 Å². The van der Waals surface area contributed by atoms with Gasteiger partial charge in [0, 0.05) is 6.54 Å². The van der Waals surface area contributed by atoms with Crippen LogP contribution in [0.2, 0.25) is 0 Å². The van der Waals surface area contributed by atoms with Gasteiger partial charge in [0.05, 0.1) is 0 Å². The molecule has 3 rings (SSSR count). The third-order valence-corrected chi connectivity index (χ3v) is 3.79. The van der Waals surface area contributed by atoms with E-state index in [0.717, 1.165) is 11.1 Å². The summed E-state index contributed by atoms with van der Waals surface area (Å²) in [6, 6.07) is 17.1. The van der Waals surface area contributed by atoms with Crippen molar-refractivity contribution in [2.45, 2.75) is 13.5 Å². The van der Waals surface area contributed by atoms with Crippen molar-refractivity contribution < 1.29 is 9.48 Å². The minimum absolute atomic E-state index is 0.0616. The molecular weight excluding hydrogens is 304 g/mol. The van der Waals surface area contributed by atoms with Crippen molar-refractivity contribution in [1.29, 1.82) is 0 Å². The van der Waals surface area contributed by atoms with Gasteiger partial charge in [-0.25, -0.2) is 4.79 Å². The van der Waals surface area contributed by atoms with Crippen molar-refractivity contribution >= 4 is 5.91 Å². The van der Waals surface area contributed by atoms with Crippen LogP contribution in [-0.2, 0) is 13.6 Å². The number of hydrogen-bond donors (Lipinski definition) is 2. The number of nitrogens with one attached hydrogen (secondary N) is 2. The molecule has 0 radical (unpaired) electrons. The Morgan fingerprint density at radius 3 is 2.46 bits per heavy atom. The summed E-state index contributed by atoms with van der Waals surface area (Å²) in [5.41, 5.74) is 2.44. The van der Waals surface area contributed by atoms with Crippen LogP contribution in [0.4, 0.5) is 0 Å². The summed E-state index contributed by atoms with van der Waals surface area (Å²) in [6.45, 7) is 2.35. The third-order valence-electron chi connectivity index (χ3n) is 3.79. The third kappa shape index (κ3) is 3.12. The Bertz CT molecular complexity index is 908. The van der Waals surface area contributed by atoms with Crippen molar-refractivity contribution in [3.8, 4) is 5.69 Å². The summed E-state index contributed by atoms with van der Waals surface area (Å²) in [4.78, 5) is 25.0. The maximum absolute atomic E-state index is 12.6. The largest absolute Gasteiger partial charge is 0.411 e. The first kappa shape index (κ1) is 15.7. The normalized spacial score (nSPS) is 10.6. The number of carbonyl (C=O) groups excluding carboxylic acids is 1. The van der Waals surface area contributed by atoms with Crippen molar-refractivity contribution in [2.24, 2.45) is 7.05 Å². The van der Waals surface area contributed by atoms with Crippen LogP contribution >= 0.6 is 0 Å². The second kappa shape index (κ2) is 6.54. The number of hydrogen-bond acceptors (Lipinski definition) is 2. The summed E-state index contributed by atoms with van der Waals surface area (Å²) in [6.07, 6.45) is 0. The van der Waals surface area contributed by atoms with Gasteiger partial charge in [0.15, 0.2) is 5.69 Å². The highest BCUT2D eigenvalue weighted by atomic mass is 16.2. The zero-order valence-electron chi connectivity index (χ0n) is 13.6. The standard InChI is InChI=1S/C18H18N4O2/c1-13-8-10-15(11-9-13)22-18(24)16(21(2)20-22)17(23)19-12-14-6-4-3-5-7-14/h3-11H,12H2,1-2H3,(H-,19,20,23,24)/p+1. The van der Waals surface area contributed by atoms with Gasteiger partial charge in [0.25, 0.3) is 0 Å². The lowest BCUT2D eigenvalue weighted by molar-refractivity contribution is -0.733. The molecule has 0 atom stereocenters. The fourth-order valence-electron chi connectivity index (χ4n) is 2.47. The van der Waals surface area contributed by atoms with Crippen molar-refractivity contribution in [3.05, 3.63) is 81.8 Å². The van der Waals surface area contributed by atoms with Crippen LogP contribution in [0.1, 0.15) is 21.6 Å². The highest BCUT2D eigenvalue weighted by molar-refractivity contribution is 5.90. The number of aromatic nitrogens is 3. The molecule has 0 saturated heterocycles. The number of nitrogens with zero attached hydrogens (tertiary/aromatic N) is 2. The molecular formula is C18H19N4O2+. The highest BCUT2D eigenvalue weighted by Crippen LogP contribution is 2.05. The Kier molecular flexibility index (Phi) is 4.29. The Morgan fingerprint density at radius 1 is 1.12 bits per heavy atom. The maximum Gasteiger partial charge on any atom is 0.411 e. The number of aromatic amines is 1. The van der Waals surface area contributed by atoms with Gasteiger partial charge in [-0.2, -0.15) is 4.68 Å². The average molecular weight is 323 g/mol. The average Bonchev–Trinajstić information content (AvgIpc) is 2.89. The van der Waals surface area contributed by atoms with Crippen LogP contribution in [0.3, 0.4) is 0 Å². The van der Waals surface area contributed by atoms with Crippen molar-refractivity contribution in [2.75, 3.05) is 0 Å². The zero-order chi connectivity index (χ0) is 17.1. The number of amides is 1. The molecule has 1 heterocycles. The molecule has 0 aliphatic carbocycles. The first-order valence-corrected chi connectivity index (χ1v) is 7.66. The van der Waals surface area contributed by atoms with Gasteiger partial charge >= 0.3 is 17.2 Å². The van der Waals surface area contributed by atoms with Crippen LogP contribution in [0, 0.1) is 6.92 Å². The van der Waals surface area contributed by atoms with E-state index in [1.165, 1.54) is 9.36 Å². The van der Waals surface area contributed by atoms with Gasteiger partial charge in [-0.1, -0.05) is 57.9 Å². The first-order chi connectivity index (χ1) is 11.6. The molecule has 3 aromatic rings. The fraction of sp³-hybridized carbons (Fsp3) is 0.167. The van der Waals surface area contributed by atoms with E-state index in [1.54, 1.807) is 7.05 Å². The van der Waals surface area contributed by atoms with Crippen LogP contribution in [0.25, 0.3) is 5.69 Å². The fourth-order valence-corrected chi connectivity index (χ4v) is 2.47. The maximum atomic E-state index is 12.6. The predicted molar refractivity (Wildman–Crippen MR) is 89.9 cm³/mol. The summed E-state index contributed by atoms with van der Waals surface area (Å²) in [7, 11) is 1.64. The molecule has 0 fully saturated rings. The number of rotatable bonds is 4. The van der Waals surface area contributed by atoms with Gasteiger partial charge in [-0.05, 0) is 24.6 Å². The van der Waals surface area contributed by atoms with E-state index in [-0.39, 0.29) is 11.3 Å². The molecule has 0 saturated carbocycles. The lowest BCUT2D eigenvalue weighted by atomic mass is 10.2. The Hall–Kier alpha value is -3.15. The first-order valence-electron chi connectivity index (χ1n) is 7.66. The van der Waals surface area contributed by atoms with E-state index in [0.29, 0.717) is 12.2 Å². The lowest BCUT2D eigenvalue weighted by Gasteiger charge is -2.01. The second-order valence-corrected chi connectivity index (χ2v) is 5.65. The van der Waals surface area contributed by atoms with Gasteiger partial charge in [0.2, 0.25) is 0 Å². The van der Waals surface area contributed by atoms with Gasteiger partial charge < -0.3 is 5.32 Å². The summed E-state index contributed by atoms with van der Waals surface area (Å²) >= 11 is 0. The van der Waals surface area contributed by atoms with Gasteiger partial charge in [-0.15, -0.1) is 0 Å². The van der Waals surface area contributed by atoms with E-state index >= 15 is 0 Å². The molecule has 6 nitrogen and oxygen atoms in total. The molecule has 0 spiro atoms. The monoisotopic (exact) mass is 323 g/mol. The molecule has 0 unspecified atom stereocenters. The number of H-pyrrole nitrogens is 1. The molecule has 2 aromatic carbocycles. The molecule has 0 bridgehead atoms. The molecule has 24 heavy (non-hydrogen) atoms. The smallest absolute Gasteiger partial charge is 0.345 e. The number of aryl methyl sites for hydroxylation is 2. The Labute approximate surface area is 139 Å². The molecule has 0 aliphatic heterocycles. The predicted octanol–water partition coefficient (Wildman–Crippen LogP) is 1.23. The molecule has 122 valence electrons. The summed E-state index contributed by atoms with van der Waals surface area (Å²) in [5, 5.41) is 5.67. The molecule has 1 aromatic heterocycles. The summed E-state index contributed by atoms with van der Waals surface area (Å²) in [5.74, 6) is -0.409. The van der Waals surface area contributed by atoms with E-state index in [1.807, 2.05) is 61.5 Å². The molecule has 2 N–H and O–H groups in total. The van der Waals surface area contributed by atoms with Crippen LogP contribution in [0.5, 0.6) is 0 Å². The van der Waals surface area contributed by atoms with Crippen molar-refractivity contribution in [3.63, 3.8) is 0 Å². The summed E-state index contributed by atoms with van der Waals surface area (Å²) < 4.78 is 2.79. The van der Waals surface area contributed by atoms with Crippen molar-refractivity contribution in [1.82, 2.24) is 15.2 Å². The number of benzene rings is 2. The molecule has 6 heteroatoms. The van der Waals surface area contributed by atoms with E-state index in [2.05, 4.69) is 10.5 Å². The lowest BCUT2D eigenvalue weighted by Crippen LogP contribution is -2.43. The van der Waals surface area contributed by atoms with E-state index in [9.17, 15) is 9.59 Å². The highest BCUT2D eigenvalue weighted by Gasteiger charge is 2.26. The molecule has 0 aliphatic rings. The zero-order valence-corrected chi connectivity index (χ0v) is 13.6.